The normalized spacial score (nSPS) is 9.86. The van der Waals surface area contributed by atoms with Gasteiger partial charge in [0.25, 0.3) is 0 Å². The predicted molar refractivity (Wildman–Crippen MR) is 87.8 cm³/mol. The molecule has 4 nitrogen and oxygen atoms in total. The fourth-order valence-corrected chi connectivity index (χ4v) is 2.14. The van der Waals surface area contributed by atoms with E-state index in [1.165, 1.54) is 5.56 Å². The summed E-state index contributed by atoms with van der Waals surface area (Å²) in [5.74, 6) is 0.508. The number of nitrogen functional groups attached to an aromatic ring is 1. The standard InChI is InChI=1S/C15H14N4.C2H6/c1-10-3-2-4-12(7-10)15-13(9-18-19-15)11-5-6-17-14(16)8-11;1-2/h2-9H,1H3,(H2,16,17)(H,18,19);1-2H3. The van der Waals surface area contributed by atoms with Crippen LogP contribution < -0.4 is 5.73 Å². The van der Waals surface area contributed by atoms with Gasteiger partial charge in [-0.2, -0.15) is 5.10 Å². The Morgan fingerprint density at radius 1 is 1.05 bits per heavy atom. The number of pyridine rings is 1. The Labute approximate surface area is 125 Å². The van der Waals surface area contributed by atoms with Crippen molar-refractivity contribution in [2.75, 3.05) is 5.73 Å². The highest BCUT2D eigenvalue weighted by Crippen LogP contribution is 2.30. The summed E-state index contributed by atoms with van der Waals surface area (Å²) in [4.78, 5) is 4.01. The predicted octanol–water partition coefficient (Wildman–Crippen LogP) is 4.06. The number of rotatable bonds is 2. The van der Waals surface area contributed by atoms with Gasteiger partial charge in [-0.15, -0.1) is 0 Å². The SMILES string of the molecule is CC.Cc1cccc(-c2[nH]ncc2-c2ccnc(N)c2)c1. The van der Waals surface area contributed by atoms with Crippen LogP contribution in [0.25, 0.3) is 22.4 Å². The van der Waals surface area contributed by atoms with Gasteiger partial charge in [-0.05, 0) is 30.7 Å². The van der Waals surface area contributed by atoms with E-state index in [9.17, 15) is 0 Å². The third kappa shape index (κ3) is 3.28. The average Bonchev–Trinajstić information content (AvgIpc) is 2.99. The number of hydrogen-bond acceptors (Lipinski definition) is 3. The van der Waals surface area contributed by atoms with Crippen LogP contribution in [0, 0.1) is 6.92 Å². The van der Waals surface area contributed by atoms with Crippen molar-refractivity contribution >= 4 is 5.82 Å². The van der Waals surface area contributed by atoms with Crippen molar-refractivity contribution in [3.05, 3.63) is 54.4 Å². The third-order valence-corrected chi connectivity index (χ3v) is 3.04. The maximum Gasteiger partial charge on any atom is 0.123 e. The topological polar surface area (TPSA) is 67.6 Å². The number of anilines is 1. The molecule has 0 radical (unpaired) electrons. The van der Waals surface area contributed by atoms with Gasteiger partial charge in [0.1, 0.15) is 5.82 Å². The van der Waals surface area contributed by atoms with Crippen LogP contribution in [0.1, 0.15) is 19.4 Å². The molecule has 108 valence electrons. The van der Waals surface area contributed by atoms with Crippen LogP contribution in [0.5, 0.6) is 0 Å². The lowest BCUT2D eigenvalue weighted by molar-refractivity contribution is 1.09. The van der Waals surface area contributed by atoms with Crippen LogP contribution in [0.15, 0.2) is 48.8 Å². The van der Waals surface area contributed by atoms with E-state index in [1.807, 2.05) is 38.2 Å². The van der Waals surface area contributed by atoms with Gasteiger partial charge in [0.2, 0.25) is 0 Å². The van der Waals surface area contributed by atoms with Crippen LogP contribution in [-0.2, 0) is 0 Å². The lowest BCUT2D eigenvalue weighted by atomic mass is 10.0. The highest BCUT2D eigenvalue weighted by atomic mass is 15.1. The number of aromatic amines is 1. The van der Waals surface area contributed by atoms with E-state index >= 15 is 0 Å². The van der Waals surface area contributed by atoms with Crippen molar-refractivity contribution in [2.45, 2.75) is 20.8 Å². The van der Waals surface area contributed by atoms with Gasteiger partial charge in [0.15, 0.2) is 0 Å². The van der Waals surface area contributed by atoms with Crippen molar-refractivity contribution in [1.29, 1.82) is 0 Å². The van der Waals surface area contributed by atoms with E-state index in [-0.39, 0.29) is 0 Å². The van der Waals surface area contributed by atoms with Gasteiger partial charge in [0, 0.05) is 17.3 Å². The number of H-pyrrole nitrogens is 1. The zero-order valence-electron chi connectivity index (χ0n) is 12.6. The summed E-state index contributed by atoms with van der Waals surface area (Å²) >= 11 is 0. The maximum atomic E-state index is 5.74. The van der Waals surface area contributed by atoms with Crippen LogP contribution in [-0.4, -0.2) is 15.2 Å². The first-order valence-electron chi connectivity index (χ1n) is 7.06. The molecule has 0 aliphatic heterocycles. The monoisotopic (exact) mass is 280 g/mol. The summed E-state index contributed by atoms with van der Waals surface area (Å²) in [5, 5.41) is 7.20. The summed E-state index contributed by atoms with van der Waals surface area (Å²) in [7, 11) is 0. The largest absolute Gasteiger partial charge is 0.384 e. The molecule has 0 saturated heterocycles. The van der Waals surface area contributed by atoms with Gasteiger partial charge in [-0.1, -0.05) is 37.6 Å². The molecule has 0 unspecified atom stereocenters. The Bertz CT molecular complexity index is 656. The lowest BCUT2D eigenvalue weighted by Gasteiger charge is -2.05. The minimum atomic E-state index is 0.508. The van der Waals surface area contributed by atoms with Crippen molar-refractivity contribution in [1.82, 2.24) is 15.2 Å². The second-order valence-electron chi connectivity index (χ2n) is 4.50. The van der Waals surface area contributed by atoms with Crippen LogP contribution >= 0.6 is 0 Å². The number of aryl methyl sites for hydroxylation is 1. The molecule has 3 N–H and O–H groups in total. The minimum Gasteiger partial charge on any atom is -0.384 e. The molecular formula is C17H20N4. The van der Waals surface area contributed by atoms with Gasteiger partial charge in [-0.3, -0.25) is 5.10 Å². The molecule has 2 aromatic heterocycles. The molecule has 4 heteroatoms. The highest BCUT2D eigenvalue weighted by Gasteiger charge is 2.10. The van der Waals surface area contributed by atoms with E-state index in [2.05, 4.69) is 40.3 Å². The van der Waals surface area contributed by atoms with Crippen LogP contribution in [0.2, 0.25) is 0 Å². The molecule has 3 aromatic rings. The van der Waals surface area contributed by atoms with Crippen molar-refractivity contribution in [2.24, 2.45) is 0 Å². The van der Waals surface area contributed by atoms with Gasteiger partial charge in [-0.25, -0.2) is 4.98 Å². The van der Waals surface area contributed by atoms with Crippen LogP contribution in [0.3, 0.4) is 0 Å². The zero-order valence-corrected chi connectivity index (χ0v) is 12.6. The van der Waals surface area contributed by atoms with Crippen molar-refractivity contribution in [3.63, 3.8) is 0 Å². The van der Waals surface area contributed by atoms with E-state index in [0.29, 0.717) is 5.82 Å². The number of nitrogens with one attached hydrogen (secondary N) is 1. The highest BCUT2D eigenvalue weighted by molar-refractivity contribution is 5.81. The summed E-state index contributed by atoms with van der Waals surface area (Å²) in [6.45, 7) is 6.07. The molecule has 1 aromatic carbocycles. The quantitative estimate of drug-likeness (QED) is 0.744. The smallest absolute Gasteiger partial charge is 0.123 e. The number of hydrogen-bond donors (Lipinski definition) is 2. The molecule has 0 bridgehead atoms. The second kappa shape index (κ2) is 6.70. The Morgan fingerprint density at radius 3 is 2.57 bits per heavy atom. The Balaban J connectivity index is 0.000000774. The summed E-state index contributed by atoms with van der Waals surface area (Å²) in [6, 6.07) is 12.1. The Hall–Kier alpha value is -2.62. The van der Waals surface area contributed by atoms with E-state index in [0.717, 1.165) is 22.4 Å². The first-order valence-corrected chi connectivity index (χ1v) is 7.06. The third-order valence-electron chi connectivity index (χ3n) is 3.04. The van der Waals surface area contributed by atoms with Crippen molar-refractivity contribution < 1.29 is 0 Å². The van der Waals surface area contributed by atoms with Gasteiger partial charge < -0.3 is 5.73 Å². The number of aromatic nitrogens is 3. The fourth-order valence-electron chi connectivity index (χ4n) is 2.14. The molecule has 0 aliphatic rings. The van der Waals surface area contributed by atoms with E-state index < -0.39 is 0 Å². The molecule has 0 amide bonds. The Morgan fingerprint density at radius 2 is 1.86 bits per heavy atom. The summed E-state index contributed by atoms with van der Waals surface area (Å²) in [5.41, 5.74) is 11.1. The molecule has 0 atom stereocenters. The first-order chi connectivity index (χ1) is 10.2. The van der Waals surface area contributed by atoms with E-state index in [1.54, 1.807) is 6.20 Å². The number of nitrogens with zero attached hydrogens (tertiary/aromatic N) is 2. The zero-order chi connectivity index (χ0) is 15.2. The fraction of sp³-hybridized carbons (Fsp3) is 0.176. The molecule has 0 spiro atoms. The Kier molecular flexibility index (Phi) is 4.72. The molecule has 0 fully saturated rings. The average molecular weight is 280 g/mol. The summed E-state index contributed by atoms with van der Waals surface area (Å²) in [6.07, 6.45) is 3.52. The molecule has 21 heavy (non-hydrogen) atoms. The molecule has 3 rings (SSSR count). The molecule has 2 heterocycles. The summed E-state index contributed by atoms with van der Waals surface area (Å²) < 4.78 is 0. The molecule has 0 saturated carbocycles. The second-order valence-corrected chi connectivity index (χ2v) is 4.50. The van der Waals surface area contributed by atoms with Crippen molar-refractivity contribution in [3.8, 4) is 22.4 Å². The molecular weight excluding hydrogens is 260 g/mol. The van der Waals surface area contributed by atoms with Crippen LogP contribution in [0.4, 0.5) is 5.82 Å². The number of nitrogens with two attached hydrogens (primary N) is 1. The van der Waals surface area contributed by atoms with Gasteiger partial charge in [0.05, 0.1) is 11.9 Å². The minimum absolute atomic E-state index is 0.508. The lowest BCUT2D eigenvalue weighted by Crippen LogP contribution is -1.90. The van der Waals surface area contributed by atoms with E-state index in [4.69, 9.17) is 5.73 Å². The maximum absolute atomic E-state index is 5.74. The molecule has 0 aliphatic carbocycles. The number of benzene rings is 1. The van der Waals surface area contributed by atoms with Gasteiger partial charge >= 0.3 is 0 Å². The first kappa shape index (κ1) is 14.8.